The van der Waals surface area contributed by atoms with E-state index in [-0.39, 0.29) is 76.0 Å². The zero-order valence-electron chi connectivity index (χ0n) is 72.7. The van der Waals surface area contributed by atoms with Crippen LogP contribution in [0.3, 0.4) is 0 Å². The number of carbonyl (C=O) groups is 17. The van der Waals surface area contributed by atoms with E-state index in [9.17, 15) is 72.2 Å². The van der Waals surface area contributed by atoms with Gasteiger partial charge in [0, 0.05) is 112 Å². The van der Waals surface area contributed by atoms with Crippen molar-refractivity contribution in [2.45, 2.75) is 210 Å². The number of unbranched alkanes of at least 4 members (excludes halogenated alkanes) is 2. The molecule has 2 aliphatic heterocycles. The lowest BCUT2D eigenvalue weighted by Crippen LogP contribution is -2.61. The highest BCUT2D eigenvalue weighted by Gasteiger charge is 2.44. The van der Waals surface area contributed by atoms with Gasteiger partial charge in [-0.1, -0.05) is 120 Å². The van der Waals surface area contributed by atoms with E-state index in [1.54, 1.807) is 105 Å². The smallest absolute Gasteiger partial charge is 0.246 e. The number of hydrogen-bond donors (Lipinski definition) is 16. The quantitative estimate of drug-likeness (QED) is 0.0372. The molecule has 126 heavy (non-hydrogen) atoms. The summed E-state index contributed by atoms with van der Waals surface area (Å²) < 4.78 is 0. The summed E-state index contributed by atoms with van der Waals surface area (Å²) in [5, 5.41) is 38.7. The lowest BCUT2D eigenvalue weighted by Gasteiger charge is -2.36. The topological polar surface area (TPSA) is 559 Å². The number of hydrogen-bond acceptors (Lipinski definition) is 20. The van der Waals surface area contributed by atoms with E-state index in [4.69, 9.17) is 11.5 Å². The van der Waals surface area contributed by atoms with Crippen LogP contribution in [0.1, 0.15) is 128 Å². The predicted molar refractivity (Wildman–Crippen MR) is 466 cm³/mol. The van der Waals surface area contributed by atoms with E-state index < -0.39 is 211 Å². The molecule has 3 aromatic carbocycles. The van der Waals surface area contributed by atoms with Gasteiger partial charge in [-0.3, -0.25) is 81.5 Å². The molecule has 13 unspecified atom stereocenters. The largest absolute Gasteiger partial charge is 0.394 e. The Kier molecular flexibility index (Phi) is 37.1. The number of imidazole rings is 1. The first-order valence-electron chi connectivity index (χ1n) is 42.2. The van der Waals surface area contributed by atoms with Crippen LogP contribution >= 0.6 is 11.8 Å². The molecule has 40 heteroatoms. The maximum Gasteiger partial charge on any atom is 0.246 e. The van der Waals surface area contributed by atoms with Gasteiger partial charge in [-0.25, -0.2) is 4.98 Å². The fourth-order valence-electron chi connectivity index (χ4n) is 15.1. The summed E-state index contributed by atoms with van der Waals surface area (Å²) in [5.41, 5.74) is 14.4. The first kappa shape index (κ1) is 98.7. The molecule has 0 saturated carbocycles. The molecule has 8 rings (SSSR count). The summed E-state index contributed by atoms with van der Waals surface area (Å²) in [6.07, 6.45) is 6.49. The lowest BCUT2D eigenvalue weighted by atomic mass is 10.00. The lowest BCUT2D eigenvalue weighted by molar-refractivity contribution is -0.149. The third-order valence-electron chi connectivity index (χ3n) is 22.3. The first-order chi connectivity index (χ1) is 60.0. The SMILES string of the molecule is CCCCC1C(=O)N(C)C(CCCC)C(=O)NC(C)C(=O)NC(C(=O)NCC(N)=O)CSCC(=O)NC(Cc2ccccc2)C(=O)N(C)C(C)C(=O)NC(CC(N)=O)C(=O)N2CCCC2C(=O)NC(Cc2cnc[nH]2)C(=O)NC(CC(C)C)C(=O)N(C)CC(=O)NC(Cc2c[nH]c3ccccc23)C(=O)NC(CO)C(=O)NC(Cc2c[nH]c3ccccc23)C(=O)N1C. The maximum absolute atomic E-state index is 15.6. The molecule has 39 nitrogen and oxygen atoms in total. The minimum Gasteiger partial charge on any atom is -0.394 e. The van der Waals surface area contributed by atoms with Gasteiger partial charge in [0.2, 0.25) is 100 Å². The van der Waals surface area contributed by atoms with Crippen LogP contribution in [-0.4, -0.2) is 294 Å². The van der Waals surface area contributed by atoms with Crippen molar-refractivity contribution >= 4 is 134 Å². The van der Waals surface area contributed by atoms with Gasteiger partial charge in [-0.2, -0.15) is 0 Å². The van der Waals surface area contributed by atoms with E-state index in [1.165, 1.54) is 59.5 Å². The molecule has 0 spiro atoms. The van der Waals surface area contributed by atoms with Crippen LogP contribution in [-0.2, 0) is 107 Å². The van der Waals surface area contributed by atoms with E-state index in [0.717, 1.165) is 31.4 Å². The number of aliphatic hydroxyl groups excluding tert-OH is 1. The van der Waals surface area contributed by atoms with Gasteiger partial charge in [0.05, 0.1) is 38.2 Å². The summed E-state index contributed by atoms with van der Waals surface area (Å²) in [4.78, 5) is 264. The zero-order valence-corrected chi connectivity index (χ0v) is 73.5. The standard InChI is InChI=1S/C86H119N21O18S/c1-11-13-29-67-80(119)94-49(5)74(113)102-66(76(115)92-42-71(88)110)45-126-46-73(112)96-62(34-51-23-16-15-17-24-51)83(122)104(8)50(6)75(114)98-64(38-70(87)109)85(124)107-32-22-31-68(107)81(120)97-60(37-54-41-89-47-93-54)78(117)99-61(33-48(3)4)82(121)103(7)43-72(111)95-59(35-52-39-90-57-27-20-18-25-55(52)57)77(116)101-65(44-108)79(118)100-63(36-53-40-91-58-28-21-19-26-56(53)58)84(123)106(10)69(30-14-12-2)86(125)105(67)9/h15-21,23-28,39-41,47-50,59-69,90-91,108H,11-14,22,29-38,42-46H2,1-10H3,(H2,87,109)(H2,88,110)(H,89,93)(H,92,115)(H,94,119)(H,95,111)(H,96,112)(H,97,120)(H,98,114)(H,99,117)(H,100,118)(H,101,116)(H,102,113). The van der Waals surface area contributed by atoms with Crippen molar-refractivity contribution in [1.29, 1.82) is 0 Å². The van der Waals surface area contributed by atoms with Crippen LogP contribution in [0.4, 0.5) is 0 Å². The van der Waals surface area contributed by atoms with Gasteiger partial charge >= 0.3 is 0 Å². The number of nitrogens with zero attached hydrogens (tertiary/aromatic N) is 6. The minimum atomic E-state index is -1.83. The van der Waals surface area contributed by atoms with Crippen LogP contribution < -0.4 is 64.6 Å². The molecule has 682 valence electrons. The third-order valence-corrected chi connectivity index (χ3v) is 23.3. The number of aromatic nitrogens is 4. The number of rotatable bonds is 22. The van der Waals surface area contributed by atoms with Crippen molar-refractivity contribution < 1.29 is 86.6 Å². The highest BCUT2D eigenvalue weighted by molar-refractivity contribution is 8.00. The predicted octanol–water partition coefficient (Wildman–Crippen LogP) is -1.38. The van der Waals surface area contributed by atoms with Gasteiger partial charge in [0.25, 0.3) is 0 Å². The van der Waals surface area contributed by atoms with Gasteiger partial charge in [0.1, 0.15) is 78.5 Å². The number of carbonyl (C=O) groups excluding carboxylic acids is 17. The zero-order chi connectivity index (χ0) is 92.2. The Morgan fingerprint density at radius 2 is 1.08 bits per heavy atom. The Balaban J connectivity index is 1.15. The van der Waals surface area contributed by atoms with E-state index in [2.05, 4.69) is 73.1 Å². The maximum atomic E-state index is 15.6. The molecule has 2 saturated heterocycles. The number of para-hydroxylation sites is 2. The molecule has 6 aromatic rings. The number of benzene rings is 3. The van der Waals surface area contributed by atoms with Gasteiger partial charge in [0.15, 0.2) is 0 Å². The first-order valence-corrected chi connectivity index (χ1v) is 43.4. The van der Waals surface area contributed by atoms with Crippen molar-refractivity contribution in [2.75, 3.05) is 65.9 Å². The molecule has 2 aliphatic rings. The third kappa shape index (κ3) is 27.6. The molecule has 2 fully saturated rings. The molecule has 0 aliphatic carbocycles. The molecule has 0 bridgehead atoms. The summed E-state index contributed by atoms with van der Waals surface area (Å²) in [6.45, 7) is 7.35. The molecule has 18 N–H and O–H groups in total. The van der Waals surface area contributed by atoms with Crippen LogP contribution in [0.15, 0.2) is 104 Å². The number of likely N-dealkylation sites (N-methyl/N-ethyl adjacent to an activating group) is 4. The molecule has 17 amide bonds. The second-order valence-corrected chi connectivity index (χ2v) is 33.4. The number of primary amides is 2. The molecular weight excluding hydrogens is 1650 g/mol. The van der Waals surface area contributed by atoms with E-state index in [0.29, 0.717) is 69.9 Å². The molecule has 5 heterocycles. The van der Waals surface area contributed by atoms with Crippen LogP contribution in [0.5, 0.6) is 0 Å². The van der Waals surface area contributed by atoms with Crippen LogP contribution in [0.2, 0.25) is 0 Å². The Labute approximate surface area is 734 Å². The number of H-pyrrole nitrogens is 3. The number of aromatic amines is 3. The van der Waals surface area contributed by atoms with Crippen molar-refractivity contribution in [3.8, 4) is 0 Å². The Hall–Kier alpha value is -12.8. The minimum absolute atomic E-state index is 0.0173. The second kappa shape index (κ2) is 47.4. The number of aliphatic hydroxyl groups is 1. The average Bonchev–Trinajstić information content (AvgIpc) is 1.54. The monoisotopic (exact) mass is 1770 g/mol. The number of amides is 17. The number of nitrogens with two attached hydrogens (primary N) is 2. The van der Waals surface area contributed by atoms with Crippen LogP contribution in [0, 0.1) is 5.92 Å². The Bertz CT molecular complexity index is 4850. The fraction of sp³-hybridized carbons (Fsp3) is 0.512. The number of nitrogens with one attached hydrogen (secondary N) is 13. The normalized spacial score (nSPS) is 24.1. The second-order valence-electron chi connectivity index (χ2n) is 32.3. The molecular formula is C86H119N21O18S. The molecule has 13 atom stereocenters. The van der Waals surface area contributed by atoms with E-state index >= 15 is 14.4 Å². The Morgan fingerprint density at radius 3 is 1.67 bits per heavy atom. The van der Waals surface area contributed by atoms with Crippen molar-refractivity contribution in [2.24, 2.45) is 17.4 Å². The summed E-state index contributed by atoms with van der Waals surface area (Å²) >= 11 is 0.818. The van der Waals surface area contributed by atoms with Crippen LogP contribution in [0.25, 0.3) is 21.8 Å². The number of fused-ring (bicyclic) bond motifs is 3. The summed E-state index contributed by atoms with van der Waals surface area (Å²) in [7, 11) is 5.29. The van der Waals surface area contributed by atoms with Crippen molar-refractivity contribution in [1.82, 2.24) is 97.6 Å². The molecule has 3 aromatic heterocycles. The van der Waals surface area contributed by atoms with Gasteiger partial charge in [-0.15, -0.1) is 11.8 Å². The van der Waals surface area contributed by atoms with Crippen molar-refractivity contribution in [3.63, 3.8) is 0 Å². The fourth-order valence-corrected chi connectivity index (χ4v) is 16.0. The summed E-state index contributed by atoms with van der Waals surface area (Å²) in [5.74, 6) is -16.3. The highest BCUT2D eigenvalue weighted by Crippen LogP contribution is 2.26. The number of thioether (sulfide) groups is 1. The highest BCUT2D eigenvalue weighted by atomic mass is 32.2. The average molecular weight is 1770 g/mol. The Morgan fingerprint density at radius 1 is 0.540 bits per heavy atom. The van der Waals surface area contributed by atoms with Gasteiger partial charge in [-0.05, 0) is 80.7 Å². The summed E-state index contributed by atoms with van der Waals surface area (Å²) in [6, 6.07) is 3.43. The molecule has 0 radical (unpaired) electrons. The van der Waals surface area contributed by atoms with Gasteiger partial charge < -0.3 is 109 Å². The van der Waals surface area contributed by atoms with Crippen molar-refractivity contribution in [3.05, 3.63) is 126 Å². The van der Waals surface area contributed by atoms with E-state index in [1.807, 2.05) is 13.8 Å².